The van der Waals surface area contributed by atoms with Gasteiger partial charge in [0.15, 0.2) is 0 Å². The summed E-state index contributed by atoms with van der Waals surface area (Å²) >= 11 is 1.58. The third-order valence-electron chi connectivity index (χ3n) is 2.96. The van der Waals surface area contributed by atoms with E-state index in [-0.39, 0.29) is 5.91 Å². The van der Waals surface area contributed by atoms with Gasteiger partial charge in [-0.1, -0.05) is 17.9 Å². The Morgan fingerprint density at radius 2 is 2.33 bits per heavy atom. The summed E-state index contributed by atoms with van der Waals surface area (Å²) in [5.41, 5.74) is 8.14. The molecular weight excluding hydrogens is 282 g/mol. The van der Waals surface area contributed by atoms with E-state index in [1.807, 2.05) is 30.5 Å². The normalized spacial score (nSPS) is 9.81. The van der Waals surface area contributed by atoms with E-state index < -0.39 is 0 Å². The van der Waals surface area contributed by atoms with Crippen LogP contribution in [0.5, 0.6) is 0 Å². The van der Waals surface area contributed by atoms with E-state index in [0.29, 0.717) is 19.5 Å². The SMILES string of the molecule is Cc1cccnc1CC(=O)NCc1sccc1C#CCN. The van der Waals surface area contributed by atoms with E-state index in [1.54, 1.807) is 17.5 Å². The van der Waals surface area contributed by atoms with Crippen LogP contribution in [0.2, 0.25) is 0 Å². The first-order valence-electron chi connectivity index (χ1n) is 6.63. The summed E-state index contributed by atoms with van der Waals surface area (Å²) in [7, 11) is 0. The monoisotopic (exact) mass is 299 g/mol. The van der Waals surface area contributed by atoms with Crippen LogP contribution < -0.4 is 11.1 Å². The molecule has 0 atom stereocenters. The second-order valence-electron chi connectivity index (χ2n) is 4.48. The van der Waals surface area contributed by atoms with Crippen LogP contribution in [0, 0.1) is 18.8 Å². The molecule has 1 amide bonds. The highest BCUT2D eigenvalue weighted by Crippen LogP contribution is 2.15. The minimum Gasteiger partial charge on any atom is -0.351 e. The van der Waals surface area contributed by atoms with E-state index in [1.165, 1.54) is 0 Å². The van der Waals surface area contributed by atoms with Gasteiger partial charge in [0.25, 0.3) is 0 Å². The molecule has 2 heterocycles. The van der Waals surface area contributed by atoms with E-state index in [2.05, 4.69) is 22.1 Å². The molecule has 21 heavy (non-hydrogen) atoms. The topological polar surface area (TPSA) is 68.0 Å². The number of hydrogen-bond donors (Lipinski definition) is 2. The Morgan fingerprint density at radius 1 is 1.48 bits per heavy atom. The maximum Gasteiger partial charge on any atom is 0.226 e. The van der Waals surface area contributed by atoms with Crippen molar-refractivity contribution >= 4 is 17.2 Å². The number of nitrogens with one attached hydrogen (secondary N) is 1. The van der Waals surface area contributed by atoms with Crippen LogP contribution >= 0.6 is 11.3 Å². The lowest BCUT2D eigenvalue weighted by atomic mass is 10.1. The maximum absolute atomic E-state index is 12.0. The fourth-order valence-electron chi connectivity index (χ4n) is 1.83. The molecule has 0 aliphatic rings. The zero-order valence-corrected chi connectivity index (χ0v) is 12.7. The molecule has 0 aliphatic carbocycles. The molecule has 0 bridgehead atoms. The average Bonchev–Trinajstić information content (AvgIpc) is 2.93. The summed E-state index contributed by atoms with van der Waals surface area (Å²) in [4.78, 5) is 17.3. The Bertz CT molecular complexity index is 682. The first kappa shape index (κ1) is 15.2. The molecule has 0 radical (unpaired) electrons. The standard InChI is InChI=1S/C16H17N3OS/c1-12-4-3-8-18-14(12)10-16(20)19-11-15-13(5-2-7-17)6-9-21-15/h3-4,6,8-9H,7,10-11,17H2,1H3,(H,19,20). The van der Waals surface area contributed by atoms with Gasteiger partial charge in [0, 0.05) is 16.6 Å². The molecule has 0 aromatic carbocycles. The van der Waals surface area contributed by atoms with Crippen molar-refractivity contribution in [3.8, 4) is 11.8 Å². The third kappa shape index (κ3) is 4.42. The van der Waals surface area contributed by atoms with Crippen molar-refractivity contribution in [2.75, 3.05) is 6.54 Å². The van der Waals surface area contributed by atoms with E-state index >= 15 is 0 Å². The summed E-state index contributed by atoms with van der Waals surface area (Å²) in [6.45, 7) is 2.77. The maximum atomic E-state index is 12.0. The fourth-order valence-corrected chi connectivity index (χ4v) is 2.60. The average molecular weight is 299 g/mol. The number of amides is 1. The molecule has 108 valence electrons. The number of aryl methyl sites for hydroxylation is 1. The lowest BCUT2D eigenvalue weighted by Crippen LogP contribution is -2.25. The van der Waals surface area contributed by atoms with Gasteiger partial charge in [-0.15, -0.1) is 11.3 Å². The summed E-state index contributed by atoms with van der Waals surface area (Å²) in [5.74, 6) is 5.80. The van der Waals surface area contributed by atoms with Crippen molar-refractivity contribution < 1.29 is 4.79 Å². The third-order valence-corrected chi connectivity index (χ3v) is 3.88. The van der Waals surface area contributed by atoms with Gasteiger partial charge in [-0.25, -0.2) is 0 Å². The number of carbonyl (C=O) groups is 1. The fraction of sp³-hybridized carbons (Fsp3) is 0.250. The van der Waals surface area contributed by atoms with Crippen LogP contribution in [0.1, 0.15) is 21.7 Å². The number of nitrogens with zero attached hydrogens (tertiary/aromatic N) is 1. The minimum atomic E-state index is -0.0389. The van der Waals surface area contributed by atoms with Crippen LogP contribution in [0.4, 0.5) is 0 Å². The largest absolute Gasteiger partial charge is 0.351 e. The first-order valence-corrected chi connectivity index (χ1v) is 7.51. The first-order chi connectivity index (χ1) is 10.2. The number of pyridine rings is 1. The molecule has 0 fully saturated rings. The number of nitrogens with two attached hydrogens (primary N) is 1. The highest BCUT2D eigenvalue weighted by Gasteiger charge is 2.08. The quantitative estimate of drug-likeness (QED) is 0.843. The summed E-state index contributed by atoms with van der Waals surface area (Å²) in [5, 5.41) is 4.87. The molecule has 0 unspecified atom stereocenters. The van der Waals surface area contributed by atoms with Crippen molar-refractivity contribution in [2.24, 2.45) is 5.73 Å². The molecule has 0 spiro atoms. The van der Waals surface area contributed by atoms with Crippen molar-refractivity contribution in [3.05, 3.63) is 51.5 Å². The van der Waals surface area contributed by atoms with Gasteiger partial charge in [-0.3, -0.25) is 9.78 Å². The zero-order chi connectivity index (χ0) is 15.1. The minimum absolute atomic E-state index is 0.0389. The van der Waals surface area contributed by atoms with Crippen LogP contribution in [-0.2, 0) is 17.8 Å². The summed E-state index contributed by atoms with van der Waals surface area (Å²) in [6.07, 6.45) is 2.00. The lowest BCUT2D eigenvalue weighted by molar-refractivity contribution is -0.120. The molecule has 5 heteroatoms. The Kier molecular flexibility index (Phi) is 5.50. The number of thiophene rings is 1. The molecular formula is C16H17N3OS. The number of aromatic nitrogens is 1. The van der Waals surface area contributed by atoms with Crippen LogP contribution in [0.3, 0.4) is 0 Å². The van der Waals surface area contributed by atoms with E-state index in [9.17, 15) is 4.79 Å². The van der Waals surface area contributed by atoms with Crippen molar-refractivity contribution in [1.29, 1.82) is 0 Å². The van der Waals surface area contributed by atoms with Crippen LogP contribution in [0.25, 0.3) is 0 Å². The predicted molar refractivity (Wildman–Crippen MR) is 84.8 cm³/mol. The highest BCUT2D eigenvalue weighted by atomic mass is 32.1. The van der Waals surface area contributed by atoms with Crippen molar-refractivity contribution in [1.82, 2.24) is 10.3 Å². The Labute approximate surface area is 128 Å². The molecule has 2 aromatic heterocycles. The van der Waals surface area contributed by atoms with Gasteiger partial charge in [-0.05, 0) is 30.0 Å². The van der Waals surface area contributed by atoms with E-state index in [4.69, 9.17) is 5.73 Å². The molecule has 0 saturated carbocycles. The Balaban J connectivity index is 1.93. The lowest BCUT2D eigenvalue weighted by Gasteiger charge is -2.06. The van der Waals surface area contributed by atoms with Gasteiger partial charge in [0.1, 0.15) is 0 Å². The molecule has 2 aromatic rings. The van der Waals surface area contributed by atoms with Gasteiger partial charge >= 0.3 is 0 Å². The smallest absolute Gasteiger partial charge is 0.226 e. The van der Waals surface area contributed by atoms with Crippen molar-refractivity contribution in [2.45, 2.75) is 19.9 Å². The number of carbonyl (C=O) groups excluding carboxylic acids is 1. The van der Waals surface area contributed by atoms with Crippen molar-refractivity contribution in [3.63, 3.8) is 0 Å². The Hall–Kier alpha value is -2.16. The highest BCUT2D eigenvalue weighted by molar-refractivity contribution is 7.10. The molecule has 0 saturated heterocycles. The Morgan fingerprint density at radius 3 is 3.10 bits per heavy atom. The molecule has 3 N–H and O–H groups in total. The van der Waals surface area contributed by atoms with Crippen LogP contribution in [-0.4, -0.2) is 17.4 Å². The molecule has 2 rings (SSSR count). The number of hydrogen-bond acceptors (Lipinski definition) is 4. The predicted octanol–water partition coefficient (Wildman–Crippen LogP) is 1.62. The van der Waals surface area contributed by atoms with Crippen LogP contribution in [0.15, 0.2) is 29.8 Å². The van der Waals surface area contributed by atoms with Gasteiger partial charge in [-0.2, -0.15) is 0 Å². The summed E-state index contributed by atoms with van der Waals surface area (Å²) < 4.78 is 0. The number of rotatable bonds is 4. The summed E-state index contributed by atoms with van der Waals surface area (Å²) in [6, 6.07) is 5.76. The van der Waals surface area contributed by atoms with E-state index in [0.717, 1.165) is 21.7 Å². The second-order valence-corrected chi connectivity index (χ2v) is 5.48. The van der Waals surface area contributed by atoms with Gasteiger partial charge in [0.2, 0.25) is 5.91 Å². The van der Waals surface area contributed by atoms with Gasteiger partial charge in [0.05, 0.1) is 25.2 Å². The zero-order valence-electron chi connectivity index (χ0n) is 11.8. The molecule has 4 nitrogen and oxygen atoms in total. The molecule has 0 aliphatic heterocycles. The van der Waals surface area contributed by atoms with Gasteiger partial charge < -0.3 is 11.1 Å². The second kappa shape index (κ2) is 7.58.